The molecule has 0 aliphatic rings. The SMILES string of the molecule is c1ccc(-c2ccc(N(c3cccc4c3oc3ccccc34)c3cccc4c3sc3c5ccccc5ccc43)cc2)cc1. The maximum Gasteiger partial charge on any atom is 0.159 e. The first-order valence-electron chi connectivity index (χ1n) is 14.5. The molecule has 0 saturated heterocycles. The molecule has 0 fully saturated rings. The molecule has 0 saturated carbocycles. The van der Waals surface area contributed by atoms with Crippen LogP contribution in [0, 0.1) is 0 Å². The zero-order valence-corrected chi connectivity index (χ0v) is 24.0. The second-order valence-electron chi connectivity index (χ2n) is 10.9. The Balaban J connectivity index is 1.33. The van der Waals surface area contributed by atoms with Crippen LogP contribution in [0.1, 0.15) is 0 Å². The maximum absolute atomic E-state index is 6.59. The van der Waals surface area contributed by atoms with Crippen LogP contribution in [-0.4, -0.2) is 0 Å². The van der Waals surface area contributed by atoms with Crippen molar-refractivity contribution in [1.82, 2.24) is 0 Å². The fraction of sp³-hybridized carbons (Fsp3) is 0. The molecule has 0 aliphatic heterocycles. The number of nitrogens with zero attached hydrogens (tertiary/aromatic N) is 1. The molecular formula is C40H25NOS. The monoisotopic (exact) mass is 567 g/mol. The van der Waals surface area contributed by atoms with Gasteiger partial charge in [-0.3, -0.25) is 0 Å². The van der Waals surface area contributed by atoms with Gasteiger partial charge in [-0.15, -0.1) is 11.3 Å². The third-order valence-corrected chi connectivity index (χ3v) is 9.74. The molecular weight excluding hydrogens is 543 g/mol. The Hall–Kier alpha value is -5.38. The zero-order chi connectivity index (χ0) is 28.3. The van der Waals surface area contributed by atoms with E-state index in [9.17, 15) is 0 Å². The summed E-state index contributed by atoms with van der Waals surface area (Å²) >= 11 is 1.87. The van der Waals surface area contributed by atoms with Crippen LogP contribution in [0.25, 0.3) is 64.0 Å². The van der Waals surface area contributed by atoms with E-state index in [-0.39, 0.29) is 0 Å². The lowest BCUT2D eigenvalue weighted by Crippen LogP contribution is -2.10. The van der Waals surface area contributed by atoms with E-state index in [1.807, 2.05) is 17.4 Å². The molecule has 0 radical (unpaired) electrons. The Morgan fingerprint density at radius 1 is 0.419 bits per heavy atom. The van der Waals surface area contributed by atoms with Gasteiger partial charge >= 0.3 is 0 Å². The Morgan fingerprint density at radius 3 is 1.93 bits per heavy atom. The lowest BCUT2D eigenvalue weighted by atomic mass is 10.0. The molecule has 0 spiro atoms. The van der Waals surface area contributed by atoms with Gasteiger partial charge in [-0.05, 0) is 52.2 Å². The standard InChI is InChI=1S/C40H25NOS/c1-2-10-26(11-3-1)27-20-23-29(24-21-27)41(35-17-8-15-32-31-14-6-7-19-37(31)42-38(32)35)36-18-9-16-33-34-25-22-28-12-4-5-13-30(28)39(34)43-40(33)36/h1-25H. The van der Waals surface area contributed by atoms with Gasteiger partial charge in [0.1, 0.15) is 5.58 Å². The fourth-order valence-electron chi connectivity index (χ4n) is 6.44. The molecule has 7 aromatic carbocycles. The van der Waals surface area contributed by atoms with Crippen LogP contribution in [0.5, 0.6) is 0 Å². The van der Waals surface area contributed by atoms with Gasteiger partial charge in [-0.2, -0.15) is 0 Å². The summed E-state index contributed by atoms with van der Waals surface area (Å²) in [6, 6.07) is 54.1. The predicted octanol–water partition coefficient (Wildman–Crippen LogP) is 12.2. The molecule has 0 unspecified atom stereocenters. The highest BCUT2D eigenvalue weighted by atomic mass is 32.1. The van der Waals surface area contributed by atoms with Crippen LogP contribution in [0.15, 0.2) is 156 Å². The van der Waals surface area contributed by atoms with Crippen LogP contribution < -0.4 is 4.90 Å². The van der Waals surface area contributed by atoms with Crippen molar-refractivity contribution in [1.29, 1.82) is 0 Å². The van der Waals surface area contributed by atoms with Crippen LogP contribution in [0.2, 0.25) is 0 Å². The maximum atomic E-state index is 6.59. The number of para-hydroxylation sites is 2. The third-order valence-electron chi connectivity index (χ3n) is 8.47. The molecule has 0 N–H and O–H groups in total. The summed E-state index contributed by atoms with van der Waals surface area (Å²) in [6.07, 6.45) is 0. The largest absolute Gasteiger partial charge is 0.454 e. The van der Waals surface area contributed by atoms with E-state index in [0.717, 1.165) is 39.0 Å². The average molecular weight is 568 g/mol. The predicted molar refractivity (Wildman–Crippen MR) is 184 cm³/mol. The molecule has 0 amide bonds. The normalized spacial score (nSPS) is 11.7. The van der Waals surface area contributed by atoms with Crippen molar-refractivity contribution in [2.24, 2.45) is 0 Å². The molecule has 202 valence electrons. The number of thiophene rings is 1. The number of fused-ring (bicyclic) bond motifs is 8. The summed E-state index contributed by atoms with van der Waals surface area (Å²) in [4.78, 5) is 2.37. The Labute approximate surface area is 252 Å². The highest BCUT2D eigenvalue weighted by molar-refractivity contribution is 7.27. The second-order valence-corrected chi connectivity index (χ2v) is 11.9. The van der Waals surface area contributed by atoms with Crippen molar-refractivity contribution in [2.45, 2.75) is 0 Å². The van der Waals surface area contributed by atoms with E-state index in [0.29, 0.717) is 0 Å². The summed E-state index contributed by atoms with van der Waals surface area (Å²) in [5, 5.41) is 7.38. The van der Waals surface area contributed by atoms with Crippen molar-refractivity contribution < 1.29 is 4.42 Å². The van der Waals surface area contributed by atoms with E-state index in [4.69, 9.17) is 4.42 Å². The molecule has 2 heterocycles. The van der Waals surface area contributed by atoms with Gasteiger partial charge in [0.15, 0.2) is 5.58 Å². The Kier molecular flexibility index (Phi) is 5.40. The Bertz CT molecular complexity index is 2450. The van der Waals surface area contributed by atoms with Crippen molar-refractivity contribution in [3.63, 3.8) is 0 Å². The van der Waals surface area contributed by atoms with E-state index in [1.54, 1.807) is 0 Å². The number of hydrogen-bond acceptors (Lipinski definition) is 3. The van der Waals surface area contributed by atoms with E-state index >= 15 is 0 Å². The third kappa shape index (κ3) is 3.79. The highest BCUT2D eigenvalue weighted by Gasteiger charge is 2.22. The highest BCUT2D eigenvalue weighted by Crippen LogP contribution is 2.48. The molecule has 2 aromatic heterocycles. The summed E-state index contributed by atoms with van der Waals surface area (Å²) in [6.45, 7) is 0. The van der Waals surface area contributed by atoms with Gasteiger partial charge in [0.2, 0.25) is 0 Å². The summed E-state index contributed by atoms with van der Waals surface area (Å²) in [7, 11) is 0. The number of anilines is 3. The minimum absolute atomic E-state index is 0.888. The molecule has 2 nitrogen and oxygen atoms in total. The van der Waals surface area contributed by atoms with Crippen LogP contribution in [0.4, 0.5) is 17.1 Å². The van der Waals surface area contributed by atoms with Crippen molar-refractivity contribution in [3.8, 4) is 11.1 Å². The van der Waals surface area contributed by atoms with Crippen molar-refractivity contribution in [3.05, 3.63) is 152 Å². The first-order chi connectivity index (χ1) is 21.3. The lowest BCUT2D eigenvalue weighted by molar-refractivity contribution is 0.669. The van der Waals surface area contributed by atoms with Crippen molar-refractivity contribution >= 4 is 81.3 Å². The van der Waals surface area contributed by atoms with Gasteiger partial charge in [0.05, 0.1) is 16.1 Å². The number of benzene rings is 7. The average Bonchev–Trinajstić information content (AvgIpc) is 3.66. The molecule has 43 heavy (non-hydrogen) atoms. The van der Waals surface area contributed by atoms with Gasteiger partial charge < -0.3 is 9.32 Å². The van der Waals surface area contributed by atoms with Crippen molar-refractivity contribution in [2.75, 3.05) is 4.90 Å². The molecule has 9 rings (SSSR count). The van der Waals surface area contributed by atoms with Crippen LogP contribution in [-0.2, 0) is 0 Å². The molecule has 3 heteroatoms. The van der Waals surface area contributed by atoms with Gasteiger partial charge in [-0.25, -0.2) is 0 Å². The number of rotatable bonds is 4. The molecule has 0 atom stereocenters. The minimum atomic E-state index is 0.888. The molecule has 9 aromatic rings. The number of hydrogen-bond donors (Lipinski definition) is 0. The van der Waals surface area contributed by atoms with E-state index in [2.05, 4.69) is 150 Å². The first-order valence-corrected chi connectivity index (χ1v) is 15.3. The second kappa shape index (κ2) is 9.59. The zero-order valence-electron chi connectivity index (χ0n) is 23.2. The summed E-state index contributed by atoms with van der Waals surface area (Å²) < 4.78 is 9.17. The quantitative estimate of drug-likeness (QED) is 0.210. The first kappa shape index (κ1) is 24.2. The summed E-state index contributed by atoms with van der Waals surface area (Å²) in [5.41, 5.74) is 7.44. The van der Waals surface area contributed by atoms with Gasteiger partial charge in [0.25, 0.3) is 0 Å². The van der Waals surface area contributed by atoms with Crippen LogP contribution >= 0.6 is 11.3 Å². The molecule has 0 bridgehead atoms. The Morgan fingerprint density at radius 2 is 1.07 bits per heavy atom. The lowest BCUT2D eigenvalue weighted by Gasteiger charge is -2.26. The topological polar surface area (TPSA) is 16.4 Å². The van der Waals surface area contributed by atoms with E-state index < -0.39 is 0 Å². The molecule has 0 aliphatic carbocycles. The van der Waals surface area contributed by atoms with Gasteiger partial charge in [0, 0.05) is 31.9 Å². The fourth-order valence-corrected chi connectivity index (χ4v) is 7.78. The smallest absolute Gasteiger partial charge is 0.159 e. The van der Waals surface area contributed by atoms with Crippen LogP contribution in [0.3, 0.4) is 0 Å². The van der Waals surface area contributed by atoms with Gasteiger partial charge in [-0.1, -0.05) is 121 Å². The van der Waals surface area contributed by atoms with E-state index in [1.165, 1.54) is 42.1 Å². The minimum Gasteiger partial charge on any atom is -0.454 e. The number of furan rings is 1. The summed E-state index contributed by atoms with van der Waals surface area (Å²) in [5.74, 6) is 0.